The van der Waals surface area contributed by atoms with Crippen molar-refractivity contribution in [1.29, 1.82) is 0 Å². The number of carbonyl (C=O) groups is 1. The van der Waals surface area contributed by atoms with E-state index in [1.54, 1.807) is 0 Å². The molecule has 1 fully saturated rings. The lowest BCUT2D eigenvalue weighted by Gasteiger charge is -2.10. The molecule has 1 heterocycles. The molecule has 1 aromatic rings. The summed E-state index contributed by atoms with van der Waals surface area (Å²) < 4.78 is 10.9. The molecule has 0 amide bonds. The number of hydrogen-bond donors (Lipinski definition) is 0. The van der Waals surface area contributed by atoms with Crippen LogP contribution in [-0.2, 0) is 20.9 Å². The highest BCUT2D eigenvalue weighted by molar-refractivity contribution is 5.78. The van der Waals surface area contributed by atoms with Crippen molar-refractivity contribution < 1.29 is 14.3 Å². The Balaban J connectivity index is 1.67. The molecule has 18 heavy (non-hydrogen) atoms. The first-order valence-corrected chi connectivity index (χ1v) is 6.41. The monoisotopic (exact) mass is 248 g/mol. The second-order valence-electron chi connectivity index (χ2n) is 5.44. The summed E-state index contributed by atoms with van der Waals surface area (Å²) in [5, 5.41) is 0. The van der Waals surface area contributed by atoms with Gasteiger partial charge in [-0.1, -0.05) is 30.3 Å². The fourth-order valence-corrected chi connectivity index (χ4v) is 2.15. The standard InChI is InChI=1S/C15H20O3/c1-15(2)10-13(18-14(15)16)8-9-17-11-12-6-4-3-5-7-12/h3-7,13H,8-11H2,1-2H3/t13-/m0/s1. The first kappa shape index (κ1) is 13.1. The molecule has 2 rings (SSSR count). The third kappa shape index (κ3) is 3.33. The van der Waals surface area contributed by atoms with Crippen molar-refractivity contribution in [3.8, 4) is 0 Å². The number of esters is 1. The molecule has 0 bridgehead atoms. The van der Waals surface area contributed by atoms with Gasteiger partial charge in [0.05, 0.1) is 18.6 Å². The lowest BCUT2D eigenvalue weighted by atomic mass is 9.89. The predicted octanol–water partition coefficient (Wildman–Crippen LogP) is 2.94. The molecule has 0 spiro atoms. The zero-order valence-corrected chi connectivity index (χ0v) is 11.0. The maximum absolute atomic E-state index is 11.5. The van der Waals surface area contributed by atoms with Gasteiger partial charge in [-0.3, -0.25) is 4.79 Å². The van der Waals surface area contributed by atoms with Gasteiger partial charge in [-0.05, 0) is 19.4 Å². The fraction of sp³-hybridized carbons (Fsp3) is 0.533. The predicted molar refractivity (Wildman–Crippen MR) is 69.0 cm³/mol. The van der Waals surface area contributed by atoms with E-state index in [1.165, 1.54) is 5.56 Å². The summed E-state index contributed by atoms with van der Waals surface area (Å²) in [5.74, 6) is -0.0874. The van der Waals surface area contributed by atoms with E-state index in [2.05, 4.69) is 0 Å². The Bertz CT molecular complexity index is 397. The molecule has 3 nitrogen and oxygen atoms in total. The van der Waals surface area contributed by atoms with Gasteiger partial charge in [0.15, 0.2) is 0 Å². The number of ether oxygens (including phenoxy) is 2. The lowest BCUT2D eigenvalue weighted by molar-refractivity contribution is -0.147. The van der Waals surface area contributed by atoms with E-state index in [0.717, 1.165) is 12.8 Å². The Labute approximate surface area is 108 Å². The van der Waals surface area contributed by atoms with Crippen LogP contribution < -0.4 is 0 Å². The molecular weight excluding hydrogens is 228 g/mol. The molecule has 98 valence electrons. The lowest BCUT2D eigenvalue weighted by Crippen LogP contribution is -2.16. The Hall–Kier alpha value is -1.35. The Morgan fingerprint density at radius 2 is 2.06 bits per heavy atom. The van der Waals surface area contributed by atoms with Crippen LogP contribution in [0.2, 0.25) is 0 Å². The number of carbonyl (C=O) groups excluding carboxylic acids is 1. The summed E-state index contributed by atoms with van der Waals surface area (Å²) in [5.41, 5.74) is 0.839. The van der Waals surface area contributed by atoms with Gasteiger partial charge in [-0.2, -0.15) is 0 Å². The minimum Gasteiger partial charge on any atom is -0.462 e. The van der Waals surface area contributed by atoms with Crippen LogP contribution in [0.25, 0.3) is 0 Å². The van der Waals surface area contributed by atoms with E-state index in [-0.39, 0.29) is 17.5 Å². The van der Waals surface area contributed by atoms with Crippen molar-refractivity contribution in [2.75, 3.05) is 6.61 Å². The SMILES string of the molecule is CC1(C)C[C@H](CCOCc2ccccc2)OC1=O. The molecule has 3 heteroatoms. The number of rotatable bonds is 5. The van der Waals surface area contributed by atoms with E-state index in [1.807, 2.05) is 44.2 Å². The maximum Gasteiger partial charge on any atom is 0.311 e. The molecule has 0 aromatic heterocycles. The maximum atomic E-state index is 11.5. The zero-order valence-electron chi connectivity index (χ0n) is 11.0. The van der Waals surface area contributed by atoms with Gasteiger partial charge < -0.3 is 9.47 Å². The third-order valence-electron chi connectivity index (χ3n) is 3.26. The highest BCUT2D eigenvalue weighted by atomic mass is 16.6. The second-order valence-corrected chi connectivity index (χ2v) is 5.44. The Kier molecular flexibility index (Phi) is 4.02. The molecular formula is C15H20O3. The van der Waals surface area contributed by atoms with Crippen LogP contribution in [0.1, 0.15) is 32.3 Å². The van der Waals surface area contributed by atoms with Gasteiger partial charge in [0.25, 0.3) is 0 Å². The molecule has 0 unspecified atom stereocenters. The fourth-order valence-electron chi connectivity index (χ4n) is 2.15. The van der Waals surface area contributed by atoms with Crippen molar-refractivity contribution in [1.82, 2.24) is 0 Å². The summed E-state index contributed by atoms with van der Waals surface area (Å²) in [4.78, 5) is 11.5. The summed E-state index contributed by atoms with van der Waals surface area (Å²) in [6.07, 6.45) is 1.59. The van der Waals surface area contributed by atoms with E-state index in [0.29, 0.717) is 13.2 Å². The molecule has 1 saturated heterocycles. The van der Waals surface area contributed by atoms with Crippen LogP contribution in [0, 0.1) is 5.41 Å². The summed E-state index contributed by atoms with van der Waals surface area (Å²) in [6.45, 7) is 5.11. The van der Waals surface area contributed by atoms with Gasteiger partial charge in [-0.25, -0.2) is 0 Å². The summed E-state index contributed by atoms with van der Waals surface area (Å²) in [6, 6.07) is 10.1. The van der Waals surface area contributed by atoms with Crippen LogP contribution >= 0.6 is 0 Å². The molecule has 1 aliphatic rings. The minimum atomic E-state index is -0.329. The molecule has 1 atom stereocenters. The zero-order chi connectivity index (χ0) is 13.0. The van der Waals surface area contributed by atoms with Gasteiger partial charge in [0, 0.05) is 12.8 Å². The Morgan fingerprint density at radius 3 is 2.67 bits per heavy atom. The first-order chi connectivity index (χ1) is 8.58. The first-order valence-electron chi connectivity index (χ1n) is 6.41. The highest BCUT2D eigenvalue weighted by Gasteiger charge is 2.40. The van der Waals surface area contributed by atoms with Crippen LogP contribution in [0.3, 0.4) is 0 Å². The van der Waals surface area contributed by atoms with Crippen molar-refractivity contribution >= 4 is 5.97 Å². The van der Waals surface area contributed by atoms with Crippen LogP contribution in [0.5, 0.6) is 0 Å². The van der Waals surface area contributed by atoms with E-state index in [4.69, 9.17) is 9.47 Å². The molecule has 1 aliphatic heterocycles. The van der Waals surface area contributed by atoms with Gasteiger partial charge >= 0.3 is 5.97 Å². The molecule has 0 saturated carbocycles. The topological polar surface area (TPSA) is 35.5 Å². The summed E-state index contributed by atoms with van der Waals surface area (Å²) >= 11 is 0. The van der Waals surface area contributed by atoms with Gasteiger partial charge in [0.2, 0.25) is 0 Å². The van der Waals surface area contributed by atoms with Gasteiger partial charge in [-0.15, -0.1) is 0 Å². The van der Waals surface area contributed by atoms with Crippen molar-refractivity contribution in [3.05, 3.63) is 35.9 Å². The second kappa shape index (κ2) is 5.53. The van der Waals surface area contributed by atoms with Crippen LogP contribution in [0.15, 0.2) is 30.3 Å². The average Bonchev–Trinajstić information content (AvgIpc) is 2.60. The molecule has 0 aliphatic carbocycles. The normalized spacial score (nSPS) is 21.9. The van der Waals surface area contributed by atoms with Crippen molar-refractivity contribution in [3.63, 3.8) is 0 Å². The third-order valence-corrected chi connectivity index (χ3v) is 3.26. The Morgan fingerprint density at radius 1 is 1.33 bits per heavy atom. The van der Waals surface area contributed by atoms with Gasteiger partial charge in [0.1, 0.15) is 6.10 Å². The number of benzene rings is 1. The number of hydrogen-bond acceptors (Lipinski definition) is 3. The van der Waals surface area contributed by atoms with Crippen molar-refractivity contribution in [2.24, 2.45) is 5.41 Å². The minimum absolute atomic E-state index is 0.0169. The van der Waals surface area contributed by atoms with Crippen LogP contribution in [0.4, 0.5) is 0 Å². The van der Waals surface area contributed by atoms with Crippen LogP contribution in [-0.4, -0.2) is 18.7 Å². The smallest absolute Gasteiger partial charge is 0.311 e. The number of cyclic esters (lactones) is 1. The molecule has 1 aromatic carbocycles. The molecule has 0 radical (unpaired) electrons. The highest BCUT2D eigenvalue weighted by Crippen LogP contribution is 2.34. The average molecular weight is 248 g/mol. The van der Waals surface area contributed by atoms with E-state index in [9.17, 15) is 4.79 Å². The van der Waals surface area contributed by atoms with Crippen molar-refractivity contribution in [2.45, 2.75) is 39.4 Å². The largest absolute Gasteiger partial charge is 0.462 e. The summed E-state index contributed by atoms with van der Waals surface area (Å²) in [7, 11) is 0. The molecule has 0 N–H and O–H groups in total. The van der Waals surface area contributed by atoms with E-state index >= 15 is 0 Å². The quantitative estimate of drug-likeness (QED) is 0.593. The van der Waals surface area contributed by atoms with E-state index < -0.39 is 0 Å².